The van der Waals surface area contributed by atoms with Crippen LogP contribution in [0.3, 0.4) is 0 Å². The summed E-state index contributed by atoms with van der Waals surface area (Å²) in [4.78, 5) is 16.2. The number of hydrogen-bond donors (Lipinski definition) is 1. The fraction of sp³-hybridized carbons (Fsp3) is 0.231. The minimum Gasteiger partial charge on any atom is -0.343 e. The van der Waals surface area contributed by atoms with Gasteiger partial charge in [0, 0.05) is 34.8 Å². The molecule has 2 rings (SSSR count). The topological polar surface area (TPSA) is 46.9 Å². The molecule has 94 valence electrons. The summed E-state index contributed by atoms with van der Waals surface area (Å²) in [5.41, 5.74) is 2.27. The summed E-state index contributed by atoms with van der Waals surface area (Å²) in [7, 11) is 0. The van der Waals surface area contributed by atoms with Gasteiger partial charge in [0.25, 0.3) is 5.91 Å². The molecule has 0 unspecified atom stereocenters. The summed E-state index contributed by atoms with van der Waals surface area (Å²) < 4.78 is 2.80. The quantitative estimate of drug-likeness (QED) is 0.946. The molecule has 0 aliphatic rings. The van der Waals surface area contributed by atoms with Crippen LogP contribution in [-0.4, -0.2) is 15.5 Å². The van der Waals surface area contributed by atoms with Gasteiger partial charge in [0.15, 0.2) is 0 Å². The maximum absolute atomic E-state index is 12.1. The first-order valence-electron chi connectivity index (χ1n) is 5.70. The van der Waals surface area contributed by atoms with Gasteiger partial charge in [0.2, 0.25) is 0 Å². The van der Waals surface area contributed by atoms with Crippen molar-refractivity contribution in [1.82, 2.24) is 9.55 Å². The Kier molecular flexibility index (Phi) is 3.81. The summed E-state index contributed by atoms with van der Waals surface area (Å²) in [5.74, 6) is -0.117. The molecule has 2 aromatic heterocycles. The van der Waals surface area contributed by atoms with Crippen molar-refractivity contribution < 1.29 is 4.79 Å². The Morgan fingerprint density at radius 3 is 2.94 bits per heavy atom. The number of hydrogen-bond acceptors (Lipinski definition) is 2. The molecule has 2 heterocycles. The molecule has 0 aliphatic carbocycles. The highest BCUT2D eigenvalue weighted by molar-refractivity contribution is 9.10. The van der Waals surface area contributed by atoms with Gasteiger partial charge in [-0.1, -0.05) is 0 Å². The Labute approximate surface area is 114 Å². The van der Waals surface area contributed by atoms with E-state index in [2.05, 4.69) is 26.2 Å². The zero-order valence-electron chi connectivity index (χ0n) is 10.3. The van der Waals surface area contributed by atoms with E-state index in [4.69, 9.17) is 0 Å². The Morgan fingerprint density at radius 1 is 1.50 bits per heavy atom. The largest absolute Gasteiger partial charge is 0.343 e. The van der Waals surface area contributed by atoms with Gasteiger partial charge in [-0.15, -0.1) is 0 Å². The molecule has 0 aromatic carbocycles. The number of rotatable bonds is 3. The maximum Gasteiger partial charge on any atom is 0.272 e. The lowest BCUT2D eigenvalue weighted by atomic mass is 10.3. The molecule has 18 heavy (non-hydrogen) atoms. The van der Waals surface area contributed by atoms with Gasteiger partial charge in [0.1, 0.15) is 5.69 Å². The minimum atomic E-state index is -0.117. The molecule has 0 fully saturated rings. The van der Waals surface area contributed by atoms with Crippen LogP contribution in [0, 0.1) is 6.92 Å². The van der Waals surface area contributed by atoms with E-state index >= 15 is 0 Å². The van der Waals surface area contributed by atoms with Crippen molar-refractivity contribution in [2.75, 3.05) is 5.32 Å². The third-order valence-electron chi connectivity index (χ3n) is 2.59. The summed E-state index contributed by atoms with van der Waals surface area (Å²) in [6, 6.07) is 5.43. The van der Waals surface area contributed by atoms with Crippen molar-refractivity contribution in [2.24, 2.45) is 0 Å². The molecule has 0 aliphatic heterocycles. The van der Waals surface area contributed by atoms with Crippen LogP contribution in [0.2, 0.25) is 0 Å². The van der Waals surface area contributed by atoms with E-state index in [1.807, 2.05) is 36.7 Å². The first kappa shape index (κ1) is 12.8. The minimum absolute atomic E-state index is 0.117. The summed E-state index contributed by atoms with van der Waals surface area (Å²) in [5, 5.41) is 2.87. The van der Waals surface area contributed by atoms with Gasteiger partial charge in [-0.25, -0.2) is 0 Å². The SMILES string of the molecule is CCn1cc(Br)cc1C(=O)Nc1ccnc(C)c1. The third-order valence-corrected chi connectivity index (χ3v) is 3.02. The third kappa shape index (κ3) is 2.79. The Hall–Kier alpha value is -1.62. The molecule has 4 nitrogen and oxygen atoms in total. The maximum atomic E-state index is 12.1. The Morgan fingerprint density at radius 2 is 2.28 bits per heavy atom. The van der Waals surface area contributed by atoms with Gasteiger partial charge < -0.3 is 9.88 Å². The zero-order chi connectivity index (χ0) is 13.1. The molecular weight excluding hydrogens is 294 g/mol. The van der Waals surface area contributed by atoms with Crippen molar-refractivity contribution in [3.63, 3.8) is 0 Å². The average molecular weight is 308 g/mol. The van der Waals surface area contributed by atoms with Gasteiger partial charge in [-0.05, 0) is 48.0 Å². The second-order valence-corrected chi connectivity index (χ2v) is 4.89. The van der Waals surface area contributed by atoms with E-state index in [1.54, 1.807) is 12.3 Å². The molecule has 0 bridgehead atoms. The van der Waals surface area contributed by atoms with Gasteiger partial charge in [0.05, 0.1) is 0 Å². The molecule has 2 aromatic rings. The zero-order valence-corrected chi connectivity index (χ0v) is 11.9. The van der Waals surface area contributed by atoms with E-state index in [0.717, 1.165) is 22.4 Å². The normalized spacial score (nSPS) is 10.4. The highest BCUT2D eigenvalue weighted by atomic mass is 79.9. The van der Waals surface area contributed by atoms with Crippen LogP contribution in [-0.2, 0) is 6.54 Å². The van der Waals surface area contributed by atoms with E-state index in [0.29, 0.717) is 5.69 Å². The van der Waals surface area contributed by atoms with Crippen molar-refractivity contribution in [1.29, 1.82) is 0 Å². The molecular formula is C13H14BrN3O. The monoisotopic (exact) mass is 307 g/mol. The van der Waals surface area contributed by atoms with Crippen LogP contribution in [0.5, 0.6) is 0 Å². The molecule has 0 saturated carbocycles. The molecule has 1 amide bonds. The lowest BCUT2D eigenvalue weighted by Gasteiger charge is -2.07. The number of nitrogens with zero attached hydrogens (tertiary/aromatic N) is 2. The fourth-order valence-electron chi connectivity index (χ4n) is 1.75. The van der Waals surface area contributed by atoms with Crippen molar-refractivity contribution in [2.45, 2.75) is 20.4 Å². The molecule has 5 heteroatoms. The Balaban J connectivity index is 2.21. The number of aryl methyl sites for hydroxylation is 2. The first-order chi connectivity index (χ1) is 8.60. The smallest absolute Gasteiger partial charge is 0.272 e. The van der Waals surface area contributed by atoms with Crippen LogP contribution in [0.1, 0.15) is 23.1 Å². The van der Waals surface area contributed by atoms with Crippen LogP contribution < -0.4 is 5.32 Å². The number of halogens is 1. The van der Waals surface area contributed by atoms with Crippen LogP contribution in [0.4, 0.5) is 5.69 Å². The highest BCUT2D eigenvalue weighted by Crippen LogP contribution is 2.17. The van der Waals surface area contributed by atoms with Crippen LogP contribution >= 0.6 is 15.9 Å². The van der Waals surface area contributed by atoms with Crippen molar-refractivity contribution in [3.8, 4) is 0 Å². The van der Waals surface area contributed by atoms with Crippen LogP contribution in [0.15, 0.2) is 35.1 Å². The van der Waals surface area contributed by atoms with E-state index in [-0.39, 0.29) is 5.91 Å². The lowest BCUT2D eigenvalue weighted by Crippen LogP contribution is -2.16. The van der Waals surface area contributed by atoms with Gasteiger partial charge >= 0.3 is 0 Å². The number of anilines is 1. The molecule has 0 saturated heterocycles. The Bertz CT molecular complexity index is 577. The van der Waals surface area contributed by atoms with E-state index < -0.39 is 0 Å². The predicted octanol–water partition coefficient (Wildman–Crippen LogP) is 3.23. The lowest BCUT2D eigenvalue weighted by molar-refractivity contribution is 0.101. The second-order valence-electron chi connectivity index (χ2n) is 3.97. The standard InChI is InChI=1S/C13H14BrN3O/c1-3-17-8-10(14)7-12(17)13(18)16-11-4-5-15-9(2)6-11/h4-8H,3H2,1-2H3,(H,15,16,18). The second kappa shape index (κ2) is 5.35. The van der Waals surface area contributed by atoms with Crippen molar-refractivity contribution >= 4 is 27.5 Å². The number of aromatic nitrogens is 2. The molecule has 0 atom stereocenters. The summed E-state index contributed by atoms with van der Waals surface area (Å²) in [6.45, 7) is 4.64. The van der Waals surface area contributed by atoms with Crippen LogP contribution in [0.25, 0.3) is 0 Å². The first-order valence-corrected chi connectivity index (χ1v) is 6.49. The summed E-state index contributed by atoms with van der Waals surface area (Å²) >= 11 is 3.38. The van der Waals surface area contributed by atoms with Gasteiger partial charge in [-0.3, -0.25) is 9.78 Å². The molecule has 0 spiro atoms. The highest BCUT2D eigenvalue weighted by Gasteiger charge is 2.12. The summed E-state index contributed by atoms with van der Waals surface area (Å²) in [6.07, 6.45) is 3.58. The number of nitrogens with one attached hydrogen (secondary N) is 1. The van der Waals surface area contributed by atoms with E-state index in [9.17, 15) is 4.79 Å². The molecule has 0 radical (unpaired) electrons. The fourth-order valence-corrected chi connectivity index (χ4v) is 2.21. The molecule has 1 N–H and O–H groups in total. The van der Waals surface area contributed by atoms with E-state index in [1.165, 1.54) is 0 Å². The van der Waals surface area contributed by atoms with Crippen molar-refractivity contribution in [3.05, 3.63) is 46.5 Å². The number of carbonyl (C=O) groups is 1. The number of carbonyl (C=O) groups excluding carboxylic acids is 1. The average Bonchev–Trinajstić information content (AvgIpc) is 2.70. The number of pyridine rings is 1. The number of amides is 1. The van der Waals surface area contributed by atoms with Gasteiger partial charge in [-0.2, -0.15) is 0 Å². The predicted molar refractivity (Wildman–Crippen MR) is 74.7 cm³/mol.